The van der Waals surface area contributed by atoms with Gasteiger partial charge in [0, 0.05) is 6.42 Å². The average molecular weight is 885 g/mol. The van der Waals surface area contributed by atoms with E-state index in [1.807, 2.05) is 177 Å². The van der Waals surface area contributed by atoms with Crippen molar-refractivity contribution in [3.05, 3.63) is 323 Å². The molecule has 0 radical (unpaired) electrons. The molecule has 67 heavy (non-hydrogen) atoms. The lowest BCUT2D eigenvalue weighted by Gasteiger charge is -1.96. The van der Waals surface area contributed by atoms with Crippen LogP contribution in [0, 0.1) is 62.3 Å². The van der Waals surface area contributed by atoms with E-state index in [2.05, 4.69) is 152 Å². The second kappa shape index (κ2) is 39.1. The minimum atomic E-state index is 0.217. The molecule has 1 heteroatoms. The first-order chi connectivity index (χ1) is 32.3. The molecule has 0 bridgehead atoms. The van der Waals surface area contributed by atoms with Gasteiger partial charge < -0.3 is 0 Å². The summed E-state index contributed by atoms with van der Waals surface area (Å²) in [6.45, 7) is 20.3. The van der Waals surface area contributed by atoms with E-state index < -0.39 is 0 Å². The van der Waals surface area contributed by atoms with Gasteiger partial charge in [-0.3, -0.25) is 4.79 Å². The van der Waals surface area contributed by atoms with Gasteiger partial charge in [-0.2, -0.15) is 0 Å². The molecule has 0 heterocycles. The molecule has 0 spiro atoms. The summed E-state index contributed by atoms with van der Waals surface area (Å²) in [6, 6.07) is 90.1. The normalized spacial score (nSPS) is 8.87. The Kier molecular flexibility index (Phi) is 33.6. The predicted molar refractivity (Wildman–Crippen MR) is 295 cm³/mol. The van der Waals surface area contributed by atoms with Gasteiger partial charge in [0.05, 0.1) is 0 Å². The third-order valence-electron chi connectivity index (χ3n) is 9.10. The highest BCUT2D eigenvalue weighted by molar-refractivity contribution is 5.78. The molecule has 0 aliphatic carbocycles. The standard InChI is InChI=1S/C10H12O.8C7H8/c1-8-3-5-10(6-4-8)7-9(2)11;8*1-7-5-3-2-4-6-7/h3-6H,7H2,1-2H3;8*2-6H,1H3. The molecule has 0 unspecified atom stereocenters. The highest BCUT2D eigenvalue weighted by atomic mass is 16.1. The SMILES string of the molecule is CC(=O)Cc1ccc(C)cc1.Cc1ccccc1.Cc1ccccc1.Cc1ccccc1.Cc1ccccc1.Cc1ccccc1.Cc1ccccc1.Cc1ccccc1.Cc1ccccc1. The smallest absolute Gasteiger partial charge is 0.134 e. The van der Waals surface area contributed by atoms with Crippen LogP contribution in [-0.2, 0) is 11.2 Å². The van der Waals surface area contributed by atoms with Gasteiger partial charge in [-0.05, 0) is 74.8 Å². The van der Waals surface area contributed by atoms with Crippen LogP contribution < -0.4 is 0 Å². The van der Waals surface area contributed by atoms with Crippen LogP contribution in [0.25, 0.3) is 0 Å². The molecule has 0 atom stereocenters. The number of rotatable bonds is 2. The fourth-order valence-electron chi connectivity index (χ4n) is 5.27. The van der Waals surface area contributed by atoms with Gasteiger partial charge in [-0.25, -0.2) is 0 Å². The molecule has 0 aliphatic heterocycles. The second-order valence-electron chi connectivity index (χ2n) is 16.1. The zero-order valence-corrected chi connectivity index (χ0v) is 42.0. The van der Waals surface area contributed by atoms with Crippen molar-refractivity contribution in [3.8, 4) is 0 Å². The third kappa shape index (κ3) is 37.7. The van der Waals surface area contributed by atoms with Gasteiger partial charge >= 0.3 is 0 Å². The number of aryl methyl sites for hydroxylation is 9. The van der Waals surface area contributed by atoms with E-state index in [0.717, 1.165) is 5.56 Å². The van der Waals surface area contributed by atoms with Crippen molar-refractivity contribution in [1.82, 2.24) is 0 Å². The summed E-state index contributed by atoms with van der Waals surface area (Å²) in [7, 11) is 0. The van der Waals surface area contributed by atoms with Gasteiger partial charge in [0.15, 0.2) is 0 Å². The summed E-state index contributed by atoms with van der Waals surface area (Å²) >= 11 is 0. The summed E-state index contributed by atoms with van der Waals surface area (Å²) in [5, 5.41) is 0. The Morgan fingerprint density at radius 3 is 0.463 bits per heavy atom. The van der Waals surface area contributed by atoms with Gasteiger partial charge in [0.1, 0.15) is 5.78 Å². The lowest BCUT2D eigenvalue weighted by atomic mass is 10.1. The first-order valence-corrected chi connectivity index (χ1v) is 23.0. The molecular formula is C66H76O. The van der Waals surface area contributed by atoms with E-state index in [-0.39, 0.29) is 5.78 Å². The molecule has 0 amide bonds. The molecule has 0 saturated carbocycles. The average Bonchev–Trinajstić information content (AvgIpc) is 3.33. The van der Waals surface area contributed by atoms with Crippen LogP contribution in [0.5, 0.6) is 0 Å². The maximum absolute atomic E-state index is 10.7. The summed E-state index contributed by atoms with van der Waals surface area (Å²) in [4.78, 5) is 10.7. The molecule has 0 N–H and O–H groups in total. The lowest BCUT2D eigenvalue weighted by Crippen LogP contribution is -1.95. The number of ketones is 1. The van der Waals surface area contributed by atoms with E-state index in [0.29, 0.717) is 6.42 Å². The Labute approximate surface area is 406 Å². The first-order valence-electron chi connectivity index (χ1n) is 23.0. The topological polar surface area (TPSA) is 17.1 Å². The van der Waals surface area contributed by atoms with E-state index >= 15 is 0 Å². The van der Waals surface area contributed by atoms with Crippen LogP contribution in [0.2, 0.25) is 0 Å². The van der Waals surface area contributed by atoms with Crippen molar-refractivity contribution in [1.29, 1.82) is 0 Å². The summed E-state index contributed by atoms with van der Waals surface area (Å²) in [6.07, 6.45) is 0.556. The van der Waals surface area contributed by atoms with Crippen molar-refractivity contribution in [2.24, 2.45) is 0 Å². The fraction of sp³-hybridized carbons (Fsp3) is 0.167. The second-order valence-corrected chi connectivity index (χ2v) is 16.1. The highest BCUT2D eigenvalue weighted by Gasteiger charge is 1.95. The van der Waals surface area contributed by atoms with Crippen molar-refractivity contribution in [2.75, 3.05) is 0 Å². The van der Waals surface area contributed by atoms with Gasteiger partial charge in [0.2, 0.25) is 0 Å². The Hall–Kier alpha value is -7.35. The fourth-order valence-corrected chi connectivity index (χ4v) is 5.27. The largest absolute Gasteiger partial charge is 0.300 e. The van der Waals surface area contributed by atoms with E-state index in [9.17, 15) is 4.79 Å². The molecule has 0 aliphatic rings. The lowest BCUT2D eigenvalue weighted by molar-refractivity contribution is -0.116. The van der Waals surface area contributed by atoms with Crippen LogP contribution in [0.15, 0.2) is 267 Å². The number of carbonyl (C=O) groups is 1. The number of hydrogen-bond acceptors (Lipinski definition) is 1. The van der Waals surface area contributed by atoms with Gasteiger partial charge in [0.25, 0.3) is 0 Å². The monoisotopic (exact) mass is 885 g/mol. The molecule has 1 nitrogen and oxygen atoms in total. The number of hydrogen-bond donors (Lipinski definition) is 0. The van der Waals surface area contributed by atoms with Gasteiger partial charge in [-0.1, -0.05) is 317 Å². The Bertz CT molecular complexity index is 1970. The number of benzene rings is 9. The van der Waals surface area contributed by atoms with E-state index in [1.165, 1.54) is 50.1 Å². The Morgan fingerprint density at radius 1 is 0.224 bits per heavy atom. The van der Waals surface area contributed by atoms with Crippen LogP contribution >= 0.6 is 0 Å². The van der Waals surface area contributed by atoms with Crippen LogP contribution in [-0.4, -0.2) is 5.78 Å². The van der Waals surface area contributed by atoms with Crippen molar-refractivity contribution < 1.29 is 4.79 Å². The quantitative estimate of drug-likeness (QED) is 0.169. The maximum atomic E-state index is 10.7. The van der Waals surface area contributed by atoms with Crippen molar-refractivity contribution >= 4 is 5.78 Å². The van der Waals surface area contributed by atoms with Crippen molar-refractivity contribution in [2.45, 2.75) is 75.7 Å². The summed E-state index contributed by atoms with van der Waals surface area (Å²) in [5.41, 5.74) is 12.9. The molecule has 0 saturated heterocycles. The van der Waals surface area contributed by atoms with E-state index in [4.69, 9.17) is 0 Å². The highest BCUT2D eigenvalue weighted by Crippen LogP contribution is 2.04. The van der Waals surface area contributed by atoms with Crippen LogP contribution in [0.1, 0.15) is 62.6 Å². The van der Waals surface area contributed by atoms with Crippen molar-refractivity contribution in [3.63, 3.8) is 0 Å². The zero-order valence-electron chi connectivity index (χ0n) is 42.0. The Morgan fingerprint density at radius 2 is 0.358 bits per heavy atom. The minimum absolute atomic E-state index is 0.217. The summed E-state index contributed by atoms with van der Waals surface area (Å²) in [5.74, 6) is 0.217. The Balaban J connectivity index is 0.000000378. The van der Waals surface area contributed by atoms with Crippen LogP contribution in [0.4, 0.5) is 0 Å². The molecule has 0 fully saturated rings. The first kappa shape index (κ1) is 57.7. The predicted octanol–water partition coefficient (Wildman–Crippen LogP) is 18.1. The molecule has 9 aromatic rings. The zero-order chi connectivity index (χ0) is 49.2. The third-order valence-corrected chi connectivity index (χ3v) is 9.10. The molecular weight excluding hydrogens is 809 g/mol. The number of carbonyl (C=O) groups excluding carboxylic acids is 1. The molecule has 0 aromatic heterocycles. The van der Waals surface area contributed by atoms with Crippen LogP contribution in [0.3, 0.4) is 0 Å². The molecule has 9 rings (SSSR count). The summed E-state index contributed by atoms with van der Waals surface area (Å²) < 4.78 is 0. The van der Waals surface area contributed by atoms with E-state index in [1.54, 1.807) is 6.92 Å². The molecule has 346 valence electrons. The maximum Gasteiger partial charge on any atom is 0.134 e. The molecule has 9 aromatic carbocycles. The minimum Gasteiger partial charge on any atom is -0.300 e. The number of Topliss-reactive ketones (excluding diaryl/α,β-unsaturated/α-hetero) is 1. The van der Waals surface area contributed by atoms with Gasteiger partial charge in [-0.15, -0.1) is 0 Å².